The number of nitriles is 1. The zero-order valence-electron chi connectivity index (χ0n) is 23.7. The number of fused-ring (bicyclic) bond motifs is 1. The van der Waals surface area contributed by atoms with Crippen molar-refractivity contribution in [3.05, 3.63) is 65.7 Å². The van der Waals surface area contributed by atoms with Crippen molar-refractivity contribution >= 4 is 22.5 Å². The SMILES string of the molecule is COc1cc2c(cc1Nc1ccc(OC3CCN(C)CC3)nn1)ncn2-c1ccc(C(F)F)c(-n2nc(C#N)cc2C)n1. The van der Waals surface area contributed by atoms with Gasteiger partial charge in [-0.3, -0.25) is 4.57 Å². The zero-order chi connectivity index (χ0) is 30.1. The number of ether oxygens (including phenoxy) is 2. The predicted molar refractivity (Wildman–Crippen MR) is 153 cm³/mol. The highest BCUT2D eigenvalue weighted by atomic mass is 19.3. The van der Waals surface area contributed by atoms with E-state index < -0.39 is 6.43 Å². The Labute approximate surface area is 245 Å². The summed E-state index contributed by atoms with van der Waals surface area (Å²) in [6.07, 6.45) is 0.767. The number of imidazole rings is 1. The van der Waals surface area contributed by atoms with Gasteiger partial charge >= 0.3 is 0 Å². The smallest absolute Gasteiger partial charge is 0.267 e. The van der Waals surface area contributed by atoms with Crippen LogP contribution in [0.3, 0.4) is 0 Å². The van der Waals surface area contributed by atoms with Crippen molar-refractivity contribution in [1.29, 1.82) is 5.26 Å². The van der Waals surface area contributed by atoms with Gasteiger partial charge in [-0.15, -0.1) is 10.2 Å². The minimum absolute atomic E-state index is 0.0691. The van der Waals surface area contributed by atoms with Gasteiger partial charge in [0.05, 0.1) is 29.4 Å². The molecule has 1 aromatic carbocycles. The molecule has 1 N–H and O–H groups in total. The molecule has 220 valence electrons. The first-order chi connectivity index (χ1) is 20.8. The van der Waals surface area contributed by atoms with E-state index in [0.29, 0.717) is 45.7 Å². The molecular weight excluding hydrogens is 558 g/mol. The van der Waals surface area contributed by atoms with E-state index in [1.54, 1.807) is 49.2 Å². The number of halogens is 2. The van der Waals surface area contributed by atoms with E-state index in [9.17, 15) is 14.0 Å². The first-order valence-corrected chi connectivity index (χ1v) is 13.6. The van der Waals surface area contributed by atoms with E-state index in [2.05, 4.69) is 42.5 Å². The van der Waals surface area contributed by atoms with Crippen molar-refractivity contribution in [2.75, 3.05) is 32.6 Å². The Morgan fingerprint density at radius 2 is 1.91 bits per heavy atom. The molecule has 43 heavy (non-hydrogen) atoms. The van der Waals surface area contributed by atoms with Crippen LogP contribution in [0.15, 0.2) is 48.8 Å². The van der Waals surface area contributed by atoms with Crippen LogP contribution in [0.2, 0.25) is 0 Å². The lowest BCUT2D eigenvalue weighted by molar-refractivity contribution is 0.109. The Hall–Kier alpha value is -5.16. The number of hydrogen-bond acceptors (Lipinski definition) is 10. The maximum atomic E-state index is 13.9. The normalized spacial score (nSPS) is 14.3. The minimum atomic E-state index is -2.79. The average molecular weight is 587 g/mol. The number of nitrogens with one attached hydrogen (secondary N) is 1. The second-order valence-corrected chi connectivity index (χ2v) is 10.2. The molecule has 4 aromatic heterocycles. The fraction of sp³-hybridized carbons (Fsp3) is 0.310. The third-order valence-electron chi connectivity index (χ3n) is 7.30. The maximum Gasteiger partial charge on any atom is 0.267 e. The number of benzene rings is 1. The van der Waals surface area contributed by atoms with Gasteiger partial charge in [-0.05, 0) is 57.1 Å². The zero-order valence-corrected chi connectivity index (χ0v) is 23.7. The Balaban J connectivity index is 1.28. The summed E-state index contributed by atoms with van der Waals surface area (Å²) in [6, 6.07) is 13.3. The fourth-order valence-corrected chi connectivity index (χ4v) is 5.01. The molecule has 0 bridgehead atoms. The van der Waals surface area contributed by atoms with E-state index in [0.717, 1.165) is 25.9 Å². The van der Waals surface area contributed by atoms with Gasteiger partial charge in [0.25, 0.3) is 6.43 Å². The molecule has 0 atom stereocenters. The number of alkyl halides is 2. The van der Waals surface area contributed by atoms with Crippen molar-refractivity contribution < 1.29 is 18.3 Å². The average Bonchev–Trinajstić information content (AvgIpc) is 3.61. The Morgan fingerprint density at radius 1 is 1.09 bits per heavy atom. The number of anilines is 2. The van der Waals surface area contributed by atoms with E-state index >= 15 is 0 Å². The van der Waals surface area contributed by atoms with Crippen LogP contribution in [-0.4, -0.2) is 72.8 Å². The predicted octanol–water partition coefficient (Wildman–Crippen LogP) is 4.74. The molecule has 0 unspecified atom stereocenters. The summed E-state index contributed by atoms with van der Waals surface area (Å²) in [6.45, 7) is 3.65. The topological polar surface area (TPSA) is 132 Å². The van der Waals surface area contributed by atoms with Crippen LogP contribution in [-0.2, 0) is 0 Å². The molecule has 0 radical (unpaired) electrons. The number of aromatic nitrogens is 7. The number of nitrogens with zero attached hydrogens (tertiary/aromatic N) is 9. The number of methoxy groups -OCH3 is 1. The highest BCUT2D eigenvalue weighted by Crippen LogP contribution is 2.34. The van der Waals surface area contributed by atoms with Crippen LogP contribution in [0.25, 0.3) is 22.7 Å². The third kappa shape index (κ3) is 5.67. The molecule has 0 aliphatic carbocycles. The summed E-state index contributed by atoms with van der Waals surface area (Å²) in [4.78, 5) is 11.3. The summed E-state index contributed by atoms with van der Waals surface area (Å²) < 4.78 is 42.4. The summed E-state index contributed by atoms with van der Waals surface area (Å²) in [5, 5.41) is 25.1. The summed E-state index contributed by atoms with van der Waals surface area (Å²) in [7, 11) is 3.64. The molecule has 12 nitrogen and oxygen atoms in total. The number of pyridine rings is 1. The molecule has 1 aliphatic rings. The molecule has 0 saturated carbocycles. The molecule has 5 heterocycles. The molecule has 0 amide bonds. The van der Waals surface area contributed by atoms with Gasteiger partial charge in [-0.2, -0.15) is 10.4 Å². The lowest BCUT2D eigenvalue weighted by Gasteiger charge is -2.28. The van der Waals surface area contributed by atoms with Crippen LogP contribution >= 0.6 is 0 Å². The molecule has 6 rings (SSSR count). The second kappa shape index (κ2) is 11.6. The highest BCUT2D eigenvalue weighted by Gasteiger charge is 2.22. The van der Waals surface area contributed by atoms with Crippen molar-refractivity contribution in [3.8, 4) is 29.3 Å². The highest BCUT2D eigenvalue weighted by molar-refractivity contribution is 5.85. The number of likely N-dealkylation sites (tertiary alicyclic amines) is 1. The van der Waals surface area contributed by atoms with Crippen molar-refractivity contribution in [1.82, 2.24) is 39.4 Å². The van der Waals surface area contributed by atoms with Crippen LogP contribution in [0.1, 0.15) is 36.2 Å². The monoisotopic (exact) mass is 586 g/mol. The van der Waals surface area contributed by atoms with E-state index in [4.69, 9.17) is 9.47 Å². The van der Waals surface area contributed by atoms with E-state index in [-0.39, 0.29) is 23.2 Å². The minimum Gasteiger partial charge on any atom is -0.494 e. The second-order valence-electron chi connectivity index (χ2n) is 10.2. The van der Waals surface area contributed by atoms with Gasteiger partial charge in [0.1, 0.15) is 30.1 Å². The first kappa shape index (κ1) is 28.0. The van der Waals surface area contributed by atoms with Gasteiger partial charge in [0.2, 0.25) is 5.88 Å². The van der Waals surface area contributed by atoms with E-state index in [1.165, 1.54) is 22.9 Å². The molecule has 1 saturated heterocycles. The van der Waals surface area contributed by atoms with Gasteiger partial charge in [0.15, 0.2) is 17.3 Å². The van der Waals surface area contributed by atoms with Crippen LogP contribution in [0.5, 0.6) is 11.6 Å². The Kier molecular flexibility index (Phi) is 7.56. The molecular formula is C29H28F2N10O2. The molecule has 1 fully saturated rings. The van der Waals surface area contributed by atoms with Crippen molar-refractivity contribution in [3.63, 3.8) is 0 Å². The van der Waals surface area contributed by atoms with Crippen LogP contribution < -0.4 is 14.8 Å². The summed E-state index contributed by atoms with van der Waals surface area (Å²) in [5.41, 5.74) is 2.14. The number of piperidine rings is 1. The summed E-state index contributed by atoms with van der Waals surface area (Å²) >= 11 is 0. The van der Waals surface area contributed by atoms with Gasteiger partial charge in [-0.25, -0.2) is 23.4 Å². The van der Waals surface area contributed by atoms with E-state index in [1.807, 2.05) is 6.07 Å². The maximum absolute atomic E-state index is 13.9. The number of aryl methyl sites for hydroxylation is 1. The lowest BCUT2D eigenvalue weighted by Crippen LogP contribution is -2.35. The largest absolute Gasteiger partial charge is 0.494 e. The molecule has 0 spiro atoms. The van der Waals surface area contributed by atoms with Crippen molar-refractivity contribution in [2.45, 2.75) is 32.3 Å². The van der Waals surface area contributed by atoms with Gasteiger partial charge in [-0.1, -0.05) is 0 Å². The Bertz CT molecular complexity index is 1800. The summed E-state index contributed by atoms with van der Waals surface area (Å²) in [5.74, 6) is 1.73. The third-order valence-corrected chi connectivity index (χ3v) is 7.30. The number of rotatable bonds is 8. The van der Waals surface area contributed by atoms with Crippen molar-refractivity contribution in [2.24, 2.45) is 0 Å². The Morgan fingerprint density at radius 3 is 2.58 bits per heavy atom. The van der Waals surface area contributed by atoms with Gasteiger partial charge < -0.3 is 19.7 Å². The van der Waals surface area contributed by atoms with Gasteiger partial charge in [0, 0.05) is 30.9 Å². The number of hydrogen-bond donors (Lipinski definition) is 1. The molecule has 14 heteroatoms. The standard InChI is InChI=1S/C29H28F2N10O2/c1-17-12-18(15-32)38-41(17)29-20(28(30)31)4-6-26(35-29)40-16-33-21-13-22(24(42-3)14-23(21)40)34-25-5-7-27(37-36-25)43-19-8-10-39(2)11-9-19/h4-7,12-14,16,19,28H,8-11H2,1-3H3,(H,34,36). The lowest BCUT2D eigenvalue weighted by atomic mass is 10.1. The van der Waals surface area contributed by atoms with Crippen LogP contribution in [0.4, 0.5) is 20.3 Å². The quantitative estimate of drug-likeness (QED) is 0.272. The first-order valence-electron chi connectivity index (χ1n) is 13.6. The fourth-order valence-electron chi connectivity index (χ4n) is 5.01. The molecule has 5 aromatic rings. The molecule has 1 aliphatic heterocycles. The van der Waals surface area contributed by atoms with Crippen LogP contribution in [0, 0.1) is 18.3 Å².